The van der Waals surface area contributed by atoms with Crippen LogP contribution in [0.15, 0.2) is 28.2 Å². The van der Waals surface area contributed by atoms with E-state index in [0.29, 0.717) is 11.6 Å². The molecule has 0 aromatic rings. The summed E-state index contributed by atoms with van der Waals surface area (Å²) in [7, 11) is 1.92. The lowest BCUT2D eigenvalue weighted by Gasteiger charge is -2.28. The van der Waals surface area contributed by atoms with Gasteiger partial charge in [0.15, 0.2) is 0 Å². The third kappa shape index (κ3) is 3.57. The highest BCUT2D eigenvalue weighted by molar-refractivity contribution is 6.68. The van der Waals surface area contributed by atoms with Crippen molar-refractivity contribution in [3.63, 3.8) is 0 Å². The van der Waals surface area contributed by atoms with Crippen LogP contribution >= 0.6 is 11.6 Å². The van der Waals surface area contributed by atoms with Crippen LogP contribution in [0.4, 0.5) is 0 Å². The Balaban J connectivity index is 3.11. The number of nitrogens with zero attached hydrogens (tertiary/aromatic N) is 2. The van der Waals surface area contributed by atoms with Crippen molar-refractivity contribution in [2.75, 3.05) is 7.05 Å². The molecular weight excluding hydrogens is 250 g/mol. The first-order chi connectivity index (χ1) is 8.36. The van der Waals surface area contributed by atoms with Crippen LogP contribution in [0.1, 0.15) is 34.1 Å². The molecule has 1 rings (SSSR count). The summed E-state index contributed by atoms with van der Waals surface area (Å²) in [6.45, 7) is 7.95. The number of hydrogen-bond acceptors (Lipinski definition) is 4. The Morgan fingerprint density at radius 2 is 2.17 bits per heavy atom. The molecule has 1 heterocycles. The molecule has 0 saturated heterocycles. The van der Waals surface area contributed by atoms with Crippen molar-refractivity contribution >= 4 is 16.8 Å². The number of aliphatic hydroxyl groups is 1. The predicted molar refractivity (Wildman–Crippen MR) is 76.4 cm³/mol. The van der Waals surface area contributed by atoms with Gasteiger partial charge in [-0.2, -0.15) is 0 Å². The topological polar surface area (TPSA) is 47.9 Å². The first kappa shape index (κ1) is 15.2. The van der Waals surface area contributed by atoms with Gasteiger partial charge in [-0.25, -0.2) is 4.99 Å². The maximum atomic E-state index is 10.2. The number of rotatable bonds is 4. The fourth-order valence-electron chi connectivity index (χ4n) is 1.82. The van der Waals surface area contributed by atoms with Gasteiger partial charge in [-0.05, 0) is 33.3 Å². The van der Waals surface area contributed by atoms with Crippen molar-refractivity contribution in [1.82, 2.24) is 10.2 Å². The maximum Gasteiger partial charge on any atom is 0.137 e. The average Bonchev–Trinajstić information content (AvgIpc) is 2.24. The zero-order valence-electron chi connectivity index (χ0n) is 11.7. The molecule has 1 atom stereocenters. The van der Waals surface area contributed by atoms with E-state index >= 15 is 0 Å². The molecule has 0 spiro atoms. The van der Waals surface area contributed by atoms with Crippen LogP contribution in [0, 0.1) is 0 Å². The van der Waals surface area contributed by atoms with Gasteiger partial charge in [-0.1, -0.05) is 18.5 Å². The van der Waals surface area contributed by atoms with Gasteiger partial charge in [-0.3, -0.25) is 5.32 Å². The Labute approximate surface area is 114 Å². The second-order valence-corrected chi connectivity index (χ2v) is 5.09. The fourth-order valence-corrected chi connectivity index (χ4v) is 2.06. The largest absolute Gasteiger partial charge is 0.374 e. The summed E-state index contributed by atoms with van der Waals surface area (Å²) in [5, 5.41) is 13.7. The standard InChI is InChI=1S/C13H22ClN3O/c1-6-10(13(18)15-8(2)3)12-16-11(14)7-9(4)17(12)5/h7-8,13,15,18H,6H2,1-5H3/b12-10+. The van der Waals surface area contributed by atoms with Gasteiger partial charge < -0.3 is 10.0 Å². The molecule has 0 radical (unpaired) electrons. The van der Waals surface area contributed by atoms with E-state index in [-0.39, 0.29) is 6.04 Å². The molecule has 1 aliphatic heterocycles. The van der Waals surface area contributed by atoms with Crippen LogP contribution in [0.25, 0.3) is 0 Å². The summed E-state index contributed by atoms with van der Waals surface area (Å²) >= 11 is 5.99. The van der Waals surface area contributed by atoms with Crippen LogP contribution in [0.2, 0.25) is 0 Å². The average molecular weight is 272 g/mol. The fraction of sp³-hybridized carbons (Fsp3) is 0.615. The lowest BCUT2D eigenvalue weighted by atomic mass is 10.1. The van der Waals surface area contributed by atoms with Gasteiger partial charge in [0.2, 0.25) is 0 Å². The molecule has 0 aromatic carbocycles. The van der Waals surface area contributed by atoms with Crippen LogP contribution in [0.5, 0.6) is 0 Å². The van der Waals surface area contributed by atoms with Gasteiger partial charge in [0, 0.05) is 24.4 Å². The van der Waals surface area contributed by atoms with Crippen molar-refractivity contribution in [1.29, 1.82) is 0 Å². The first-order valence-corrected chi connectivity index (χ1v) is 6.58. The highest BCUT2D eigenvalue weighted by Gasteiger charge is 2.21. The van der Waals surface area contributed by atoms with Crippen LogP contribution < -0.4 is 5.32 Å². The van der Waals surface area contributed by atoms with Crippen molar-refractivity contribution < 1.29 is 5.11 Å². The molecule has 0 fully saturated rings. The molecule has 0 aromatic heterocycles. The van der Waals surface area contributed by atoms with E-state index in [1.165, 1.54) is 0 Å². The molecule has 5 heteroatoms. The van der Waals surface area contributed by atoms with Gasteiger partial charge in [-0.15, -0.1) is 0 Å². The van der Waals surface area contributed by atoms with E-state index in [9.17, 15) is 5.11 Å². The lowest BCUT2D eigenvalue weighted by molar-refractivity contribution is 0.155. The summed E-state index contributed by atoms with van der Waals surface area (Å²) in [4.78, 5) is 6.26. The lowest BCUT2D eigenvalue weighted by Crippen LogP contribution is -2.37. The Kier molecular flexibility index (Phi) is 5.38. The first-order valence-electron chi connectivity index (χ1n) is 6.20. The van der Waals surface area contributed by atoms with Crippen LogP contribution in [0.3, 0.4) is 0 Å². The minimum atomic E-state index is -0.702. The van der Waals surface area contributed by atoms with E-state index in [0.717, 1.165) is 17.1 Å². The third-order valence-corrected chi connectivity index (χ3v) is 3.07. The minimum Gasteiger partial charge on any atom is -0.374 e. The van der Waals surface area contributed by atoms with Crippen molar-refractivity contribution in [2.45, 2.75) is 46.4 Å². The summed E-state index contributed by atoms with van der Waals surface area (Å²) < 4.78 is 0. The predicted octanol–water partition coefficient (Wildman–Crippen LogP) is 2.41. The normalized spacial score (nSPS) is 20.8. The van der Waals surface area contributed by atoms with Gasteiger partial charge in [0.25, 0.3) is 0 Å². The van der Waals surface area contributed by atoms with E-state index in [1.807, 2.05) is 39.6 Å². The summed E-state index contributed by atoms with van der Waals surface area (Å²) in [6.07, 6.45) is 1.81. The molecule has 18 heavy (non-hydrogen) atoms. The van der Waals surface area contributed by atoms with E-state index in [2.05, 4.69) is 10.3 Å². The molecule has 0 bridgehead atoms. The Morgan fingerprint density at radius 1 is 1.56 bits per heavy atom. The molecule has 4 nitrogen and oxygen atoms in total. The second kappa shape index (κ2) is 6.36. The monoisotopic (exact) mass is 271 g/mol. The second-order valence-electron chi connectivity index (χ2n) is 4.71. The van der Waals surface area contributed by atoms with E-state index < -0.39 is 6.23 Å². The van der Waals surface area contributed by atoms with Gasteiger partial charge in [0.1, 0.15) is 17.2 Å². The number of nitrogens with one attached hydrogen (secondary N) is 1. The zero-order chi connectivity index (χ0) is 13.9. The molecular formula is C13H22ClN3O. The SMILES string of the molecule is CC/C(=C1/N=C(Cl)C=C(C)N1C)C(O)NC(C)C. The van der Waals surface area contributed by atoms with E-state index in [1.54, 1.807) is 6.08 Å². The highest BCUT2D eigenvalue weighted by Crippen LogP contribution is 2.24. The molecule has 1 unspecified atom stereocenters. The number of aliphatic hydroxyl groups excluding tert-OH is 1. The molecule has 102 valence electrons. The number of aliphatic imine (C=N–C) groups is 1. The molecule has 2 N–H and O–H groups in total. The number of halogens is 1. The van der Waals surface area contributed by atoms with Crippen molar-refractivity contribution in [3.8, 4) is 0 Å². The summed E-state index contributed by atoms with van der Waals surface area (Å²) in [5.41, 5.74) is 1.85. The summed E-state index contributed by atoms with van der Waals surface area (Å²) in [5.74, 6) is 0.725. The quantitative estimate of drug-likeness (QED) is 0.772. The Morgan fingerprint density at radius 3 is 2.67 bits per heavy atom. The molecule has 0 aliphatic carbocycles. The summed E-state index contributed by atoms with van der Waals surface area (Å²) in [6, 6.07) is 0.201. The Bertz CT molecular complexity index is 399. The third-order valence-electron chi connectivity index (χ3n) is 2.88. The van der Waals surface area contributed by atoms with Crippen molar-refractivity contribution in [3.05, 3.63) is 23.2 Å². The van der Waals surface area contributed by atoms with Crippen molar-refractivity contribution in [2.24, 2.45) is 4.99 Å². The molecule has 0 saturated carbocycles. The zero-order valence-corrected chi connectivity index (χ0v) is 12.4. The smallest absolute Gasteiger partial charge is 0.137 e. The Hall–Kier alpha value is -0.840. The highest BCUT2D eigenvalue weighted by atomic mass is 35.5. The van der Waals surface area contributed by atoms with Gasteiger partial charge >= 0.3 is 0 Å². The van der Waals surface area contributed by atoms with Gasteiger partial charge in [0.05, 0.1) is 0 Å². The minimum absolute atomic E-state index is 0.201. The maximum absolute atomic E-state index is 10.2. The van der Waals surface area contributed by atoms with E-state index in [4.69, 9.17) is 11.6 Å². The number of allylic oxidation sites excluding steroid dienone is 2. The molecule has 1 aliphatic rings. The van der Waals surface area contributed by atoms with Crippen LogP contribution in [-0.4, -0.2) is 34.5 Å². The number of hydrogen-bond donors (Lipinski definition) is 2. The van der Waals surface area contributed by atoms with Crippen LogP contribution in [-0.2, 0) is 0 Å². The molecule has 0 amide bonds.